The van der Waals surface area contributed by atoms with Gasteiger partial charge in [-0.2, -0.15) is 0 Å². The molecule has 0 atom stereocenters. The van der Waals surface area contributed by atoms with E-state index in [1.807, 2.05) is 43.3 Å². The molecule has 0 spiro atoms. The van der Waals surface area contributed by atoms with Gasteiger partial charge in [-0.05, 0) is 48.4 Å². The summed E-state index contributed by atoms with van der Waals surface area (Å²) >= 11 is 12.0. The summed E-state index contributed by atoms with van der Waals surface area (Å²) in [6.45, 7) is 2.21. The lowest BCUT2D eigenvalue weighted by atomic mass is 10.1. The maximum atomic E-state index is 12.7. The molecule has 3 nitrogen and oxygen atoms in total. The van der Waals surface area contributed by atoms with Crippen LogP contribution in [0.5, 0.6) is 11.5 Å². The van der Waals surface area contributed by atoms with Crippen molar-refractivity contribution >= 4 is 35.1 Å². The molecule has 3 aromatic rings. The average Bonchev–Trinajstić information content (AvgIpc) is 3.01. The zero-order chi connectivity index (χ0) is 19.7. The minimum Gasteiger partial charge on any atom is -0.488 e. The predicted molar refractivity (Wildman–Crippen MR) is 111 cm³/mol. The number of hydrogen-bond donors (Lipinski definition) is 0. The predicted octanol–water partition coefficient (Wildman–Crippen LogP) is 6.50. The summed E-state index contributed by atoms with van der Waals surface area (Å²) in [6, 6.07) is 18.5. The van der Waals surface area contributed by atoms with Crippen LogP contribution in [-0.2, 0) is 6.61 Å². The minimum absolute atomic E-state index is 0.127. The standard InChI is InChI=1S/C23H16Cl2O3/c1-14-20(27-13-16-7-9-18(24)19(25)11-16)10-8-17-22(26)21(28-23(14)17)12-15-5-3-2-4-6-15/h2-12H,13H2,1H3/b21-12-. The summed E-state index contributed by atoms with van der Waals surface area (Å²) in [5.74, 6) is 1.38. The molecule has 1 aliphatic rings. The number of fused-ring (bicyclic) bond motifs is 1. The Morgan fingerprint density at radius 2 is 1.79 bits per heavy atom. The number of carbonyl (C=O) groups excluding carboxylic acids is 1. The maximum absolute atomic E-state index is 12.7. The van der Waals surface area contributed by atoms with Gasteiger partial charge in [-0.25, -0.2) is 0 Å². The number of ether oxygens (including phenoxy) is 2. The van der Waals surface area contributed by atoms with Gasteiger partial charge < -0.3 is 9.47 Å². The van der Waals surface area contributed by atoms with Gasteiger partial charge in [0, 0.05) is 5.56 Å². The number of benzene rings is 3. The van der Waals surface area contributed by atoms with E-state index in [0.29, 0.717) is 39.5 Å². The molecular formula is C23H16Cl2O3. The van der Waals surface area contributed by atoms with E-state index >= 15 is 0 Å². The molecule has 140 valence electrons. The number of halogens is 2. The zero-order valence-electron chi connectivity index (χ0n) is 15.0. The summed E-state index contributed by atoms with van der Waals surface area (Å²) in [6.07, 6.45) is 1.75. The quantitative estimate of drug-likeness (QED) is 0.460. The van der Waals surface area contributed by atoms with Crippen molar-refractivity contribution in [2.24, 2.45) is 0 Å². The Kier molecular flexibility index (Phi) is 5.12. The molecule has 28 heavy (non-hydrogen) atoms. The van der Waals surface area contributed by atoms with E-state index in [4.69, 9.17) is 32.7 Å². The summed E-state index contributed by atoms with van der Waals surface area (Å²) in [5, 5.41) is 0.988. The Balaban J connectivity index is 1.56. The lowest BCUT2D eigenvalue weighted by Gasteiger charge is -2.12. The zero-order valence-corrected chi connectivity index (χ0v) is 16.6. The van der Waals surface area contributed by atoms with Crippen molar-refractivity contribution in [2.75, 3.05) is 0 Å². The second kappa shape index (κ2) is 7.70. The molecule has 0 aliphatic carbocycles. The number of Topliss-reactive ketones (excluding diaryl/α,β-unsaturated/α-hetero) is 1. The molecule has 5 heteroatoms. The van der Waals surface area contributed by atoms with Gasteiger partial charge in [-0.1, -0.05) is 59.6 Å². The van der Waals surface area contributed by atoms with Crippen LogP contribution in [0.4, 0.5) is 0 Å². The number of allylic oxidation sites excluding steroid dienone is 1. The molecule has 1 aliphatic heterocycles. The van der Waals surface area contributed by atoms with Crippen LogP contribution >= 0.6 is 23.2 Å². The Labute approximate surface area is 173 Å². The molecule has 0 saturated heterocycles. The average molecular weight is 411 g/mol. The van der Waals surface area contributed by atoms with Gasteiger partial charge in [0.25, 0.3) is 0 Å². The van der Waals surface area contributed by atoms with Gasteiger partial charge >= 0.3 is 0 Å². The maximum Gasteiger partial charge on any atom is 0.231 e. The molecule has 0 amide bonds. The van der Waals surface area contributed by atoms with Crippen LogP contribution in [0.3, 0.4) is 0 Å². The van der Waals surface area contributed by atoms with Crippen molar-refractivity contribution in [3.8, 4) is 11.5 Å². The van der Waals surface area contributed by atoms with Gasteiger partial charge in [0.15, 0.2) is 5.76 Å². The third-order valence-electron chi connectivity index (χ3n) is 4.51. The van der Waals surface area contributed by atoms with Gasteiger partial charge in [0.2, 0.25) is 5.78 Å². The van der Waals surface area contributed by atoms with Gasteiger partial charge in [0.05, 0.1) is 15.6 Å². The van der Waals surface area contributed by atoms with Crippen LogP contribution in [0.25, 0.3) is 6.08 Å². The largest absolute Gasteiger partial charge is 0.488 e. The fraction of sp³-hybridized carbons (Fsp3) is 0.0870. The first-order valence-corrected chi connectivity index (χ1v) is 9.48. The summed E-state index contributed by atoms with van der Waals surface area (Å²) in [5.41, 5.74) is 3.13. The van der Waals surface area contributed by atoms with Crippen LogP contribution in [0.1, 0.15) is 27.0 Å². The SMILES string of the molecule is Cc1c(OCc2ccc(Cl)c(Cl)c2)ccc2c1O/C(=C\c1ccccc1)C2=O. The van der Waals surface area contributed by atoms with Crippen LogP contribution in [0, 0.1) is 6.92 Å². The molecule has 1 heterocycles. The van der Waals surface area contributed by atoms with Gasteiger partial charge in [-0.15, -0.1) is 0 Å². The van der Waals surface area contributed by atoms with Crippen LogP contribution in [-0.4, -0.2) is 5.78 Å². The Hall–Kier alpha value is -2.75. The highest BCUT2D eigenvalue weighted by atomic mass is 35.5. The number of rotatable bonds is 4. The molecule has 4 rings (SSSR count). The molecule has 0 saturated carbocycles. The summed E-state index contributed by atoms with van der Waals surface area (Å²) in [7, 11) is 0. The lowest BCUT2D eigenvalue weighted by Crippen LogP contribution is -1.98. The fourth-order valence-corrected chi connectivity index (χ4v) is 3.34. The summed E-state index contributed by atoms with van der Waals surface area (Å²) < 4.78 is 11.8. The van der Waals surface area contributed by atoms with E-state index in [1.165, 1.54) is 0 Å². The highest BCUT2D eigenvalue weighted by Crippen LogP contribution is 2.39. The second-order valence-corrected chi connectivity index (χ2v) is 7.27. The van der Waals surface area contributed by atoms with Crippen molar-refractivity contribution in [3.63, 3.8) is 0 Å². The first kappa shape index (κ1) is 18.6. The minimum atomic E-state index is -0.127. The highest BCUT2D eigenvalue weighted by molar-refractivity contribution is 6.42. The third-order valence-corrected chi connectivity index (χ3v) is 5.25. The topological polar surface area (TPSA) is 35.5 Å². The van der Waals surface area contributed by atoms with E-state index in [-0.39, 0.29) is 5.78 Å². The molecule has 0 fully saturated rings. The van der Waals surface area contributed by atoms with Crippen LogP contribution in [0.2, 0.25) is 10.0 Å². The van der Waals surface area contributed by atoms with Crippen molar-refractivity contribution in [2.45, 2.75) is 13.5 Å². The Morgan fingerprint density at radius 1 is 1.00 bits per heavy atom. The monoisotopic (exact) mass is 410 g/mol. The smallest absolute Gasteiger partial charge is 0.231 e. The van der Waals surface area contributed by atoms with Gasteiger partial charge in [-0.3, -0.25) is 4.79 Å². The summed E-state index contributed by atoms with van der Waals surface area (Å²) in [4.78, 5) is 12.7. The van der Waals surface area contributed by atoms with Gasteiger partial charge in [0.1, 0.15) is 18.1 Å². The molecule has 3 aromatic carbocycles. The Morgan fingerprint density at radius 3 is 2.54 bits per heavy atom. The van der Waals surface area contributed by atoms with E-state index < -0.39 is 0 Å². The molecule has 0 N–H and O–H groups in total. The molecule has 0 unspecified atom stereocenters. The van der Waals surface area contributed by atoms with Crippen molar-refractivity contribution in [3.05, 3.63) is 98.7 Å². The molecule has 0 aromatic heterocycles. The molecular weight excluding hydrogens is 395 g/mol. The normalized spacial score (nSPS) is 14.1. The van der Waals surface area contributed by atoms with E-state index in [2.05, 4.69) is 0 Å². The third kappa shape index (κ3) is 3.64. The second-order valence-electron chi connectivity index (χ2n) is 6.45. The van der Waals surface area contributed by atoms with Crippen LogP contribution in [0.15, 0.2) is 66.4 Å². The molecule has 0 radical (unpaired) electrons. The first-order valence-electron chi connectivity index (χ1n) is 8.72. The van der Waals surface area contributed by atoms with Crippen molar-refractivity contribution < 1.29 is 14.3 Å². The number of ketones is 1. The Bertz CT molecular complexity index is 1090. The van der Waals surface area contributed by atoms with Crippen LogP contribution < -0.4 is 9.47 Å². The first-order chi connectivity index (χ1) is 13.5. The van der Waals surface area contributed by atoms with Crippen molar-refractivity contribution in [1.82, 2.24) is 0 Å². The highest BCUT2D eigenvalue weighted by Gasteiger charge is 2.30. The number of hydrogen-bond acceptors (Lipinski definition) is 3. The molecule has 0 bridgehead atoms. The fourth-order valence-electron chi connectivity index (χ4n) is 3.02. The van der Waals surface area contributed by atoms with E-state index in [1.54, 1.807) is 30.3 Å². The van der Waals surface area contributed by atoms with E-state index in [9.17, 15) is 4.79 Å². The number of carbonyl (C=O) groups is 1. The van der Waals surface area contributed by atoms with E-state index in [0.717, 1.165) is 16.7 Å². The lowest BCUT2D eigenvalue weighted by molar-refractivity contribution is 0.101. The van der Waals surface area contributed by atoms with Crippen molar-refractivity contribution in [1.29, 1.82) is 0 Å².